The largest absolute Gasteiger partial charge is 0.385 e. The molecule has 0 aromatic heterocycles. The SMILES string of the molecule is CCC(C)C(N)C(=O)NCC1(CCOC)CCCC1. The maximum atomic E-state index is 12.0. The summed E-state index contributed by atoms with van der Waals surface area (Å²) in [5, 5.41) is 3.07. The Hall–Kier alpha value is -0.610. The van der Waals surface area contributed by atoms with Crippen LogP contribution in [0.4, 0.5) is 0 Å². The molecule has 0 saturated heterocycles. The Morgan fingerprint density at radius 1 is 1.42 bits per heavy atom. The number of ether oxygens (including phenoxy) is 1. The summed E-state index contributed by atoms with van der Waals surface area (Å²) in [6.07, 6.45) is 6.87. The molecule has 3 N–H and O–H groups in total. The maximum Gasteiger partial charge on any atom is 0.237 e. The van der Waals surface area contributed by atoms with Crippen LogP contribution in [0.1, 0.15) is 52.4 Å². The van der Waals surface area contributed by atoms with Crippen molar-refractivity contribution < 1.29 is 9.53 Å². The fourth-order valence-electron chi connectivity index (χ4n) is 2.86. The molecule has 1 saturated carbocycles. The van der Waals surface area contributed by atoms with Crippen LogP contribution in [-0.4, -0.2) is 32.2 Å². The summed E-state index contributed by atoms with van der Waals surface area (Å²) in [6.45, 7) is 5.61. The number of carbonyl (C=O) groups is 1. The van der Waals surface area contributed by atoms with Crippen molar-refractivity contribution in [1.29, 1.82) is 0 Å². The van der Waals surface area contributed by atoms with Gasteiger partial charge in [-0.25, -0.2) is 0 Å². The molecule has 0 bridgehead atoms. The van der Waals surface area contributed by atoms with Gasteiger partial charge >= 0.3 is 0 Å². The van der Waals surface area contributed by atoms with Gasteiger partial charge in [0.15, 0.2) is 0 Å². The summed E-state index contributed by atoms with van der Waals surface area (Å²) in [5.41, 5.74) is 6.20. The molecule has 112 valence electrons. The van der Waals surface area contributed by atoms with Crippen LogP contribution in [0.2, 0.25) is 0 Å². The van der Waals surface area contributed by atoms with E-state index in [-0.39, 0.29) is 23.3 Å². The first-order chi connectivity index (χ1) is 9.04. The van der Waals surface area contributed by atoms with Crippen LogP contribution in [0, 0.1) is 11.3 Å². The molecule has 1 rings (SSSR count). The number of methoxy groups -OCH3 is 1. The van der Waals surface area contributed by atoms with Crippen molar-refractivity contribution in [3.8, 4) is 0 Å². The van der Waals surface area contributed by atoms with Crippen molar-refractivity contribution in [2.24, 2.45) is 17.1 Å². The van der Waals surface area contributed by atoms with Crippen molar-refractivity contribution >= 4 is 5.91 Å². The van der Waals surface area contributed by atoms with E-state index in [0.29, 0.717) is 0 Å². The summed E-state index contributed by atoms with van der Waals surface area (Å²) in [6, 6.07) is -0.383. The van der Waals surface area contributed by atoms with Gasteiger partial charge in [-0.15, -0.1) is 0 Å². The molecule has 0 radical (unpaired) electrons. The van der Waals surface area contributed by atoms with Crippen molar-refractivity contribution in [2.45, 2.75) is 58.4 Å². The van der Waals surface area contributed by atoms with Crippen molar-refractivity contribution in [1.82, 2.24) is 5.32 Å². The summed E-state index contributed by atoms with van der Waals surface area (Å²) < 4.78 is 5.20. The molecule has 0 heterocycles. The van der Waals surface area contributed by atoms with Crippen LogP contribution in [0.25, 0.3) is 0 Å². The number of rotatable bonds is 8. The molecule has 2 unspecified atom stereocenters. The fourth-order valence-corrected chi connectivity index (χ4v) is 2.86. The van der Waals surface area contributed by atoms with Crippen LogP contribution in [0.3, 0.4) is 0 Å². The van der Waals surface area contributed by atoms with E-state index in [1.165, 1.54) is 25.7 Å². The maximum absolute atomic E-state index is 12.0. The Morgan fingerprint density at radius 3 is 2.58 bits per heavy atom. The van der Waals surface area contributed by atoms with Gasteiger partial charge in [-0.3, -0.25) is 4.79 Å². The predicted octanol–water partition coefficient (Wildman–Crippen LogP) is 2.07. The van der Waals surface area contributed by atoms with Gasteiger partial charge in [0.25, 0.3) is 0 Å². The number of carbonyl (C=O) groups excluding carboxylic acids is 1. The number of hydrogen-bond donors (Lipinski definition) is 2. The molecule has 1 aliphatic rings. The van der Waals surface area contributed by atoms with E-state index >= 15 is 0 Å². The quantitative estimate of drug-likeness (QED) is 0.709. The van der Waals surface area contributed by atoms with Crippen molar-refractivity contribution in [3.63, 3.8) is 0 Å². The summed E-state index contributed by atoms with van der Waals surface area (Å²) in [7, 11) is 1.74. The first kappa shape index (κ1) is 16.4. The lowest BCUT2D eigenvalue weighted by Crippen LogP contribution is -2.47. The minimum absolute atomic E-state index is 0.00181. The van der Waals surface area contributed by atoms with E-state index in [1.807, 2.05) is 6.92 Å². The lowest BCUT2D eigenvalue weighted by Gasteiger charge is -2.30. The Balaban J connectivity index is 2.45. The minimum atomic E-state index is -0.383. The summed E-state index contributed by atoms with van der Waals surface area (Å²) in [5.74, 6) is 0.233. The molecule has 4 nitrogen and oxygen atoms in total. The van der Waals surface area contributed by atoms with E-state index in [0.717, 1.165) is 26.0 Å². The number of amides is 1. The summed E-state index contributed by atoms with van der Waals surface area (Å²) in [4.78, 5) is 12.0. The van der Waals surface area contributed by atoms with Gasteiger partial charge < -0.3 is 15.8 Å². The standard InChI is InChI=1S/C15H30N2O2/c1-4-12(2)13(16)14(18)17-11-15(9-10-19-3)7-5-6-8-15/h12-13H,4-11,16H2,1-3H3,(H,17,18). The number of hydrogen-bond acceptors (Lipinski definition) is 3. The van der Waals surface area contributed by atoms with Crippen molar-refractivity contribution in [3.05, 3.63) is 0 Å². The monoisotopic (exact) mass is 270 g/mol. The predicted molar refractivity (Wildman–Crippen MR) is 77.8 cm³/mol. The van der Waals surface area contributed by atoms with E-state index in [9.17, 15) is 4.79 Å². The normalized spacial score (nSPS) is 21.1. The minimum Gasteiger partial charge on any atom is -0.385 e. The van der Waals surface area contributed by atoms with Crippen LogP contribution in [-0.2, 0) is 9.53 Å². The van der Waals surface area contributed by atoms with Crippen molar-refractivity contribution in [2.75, 3.05) is 20.3 Å². The van der Waals surface area contributed by atoms with Crippen LogP contribution in [0.5, 0.6) is 0 Å². The Morgan fingerprint density at radius 2 is 2.05 bits per heavy atom. The molecule has 0 spiro atoms. The first-order valence-electron chi connectivity index (χ1n) is 7.57. The zero-order chi connectivity index (χ0) is 14.3. The lowest BCUT2D eigenvalue weighted by atomic mass is 9.82. The smallest absolute Gasteiger partial charge is 0.237 e. The number of nitrogens with two attached hydrogens (primary N) is 1. The van der Waals surface area contributed by atoms with Gasteiger partial charge in [0, 0.05) is 20.3 Å². The van der Waals surface area contributed by atoms with Gasteiger partial charge in [-0.05, 0) is 30.6 Å². The second kappa shape index (κ2) is 7.85. The molecule has 1 aliphatic carbocycles. The van der Waals surface area contributed by atoms with Gasteiger partial charge in [-0.2, -0.15) is 0 Å². The van der Waals surface area contributed by atoms with E-state index in [2.05, 4.69) is 12.2 Å². The Labute approximate surface area is 117 Å². The zero-order valence-electron chi connectivity index (χ0n) is 12.7. The molecule has 1 fully saturated rings. The molecule has 1 amide bonds. The highest BCUT2D eigenvalue weighted by Gasteiger charge is 2.34. The fraction of sp³-hybridized carbons (Fsp3) is 0.933. The third-order valence-corrected chi connectivity index (χ3v) is 4.70. The number of nitrogens with one attached hydrogen (secondary N) is 1. The molecule has 0 aromatic carbocycles. The molecular weight excluding hydrogens is 240 g/mol. The van der Waals surface area contributed by atoms with E-state index in [1.54, 1.807) is 7.11 Å². The molecule has 0 aromatic rings. The molecule has 19 heavy (non-hydrogen) atoms. The zero-order valence-corrected chi connectivity index (χ0v) is 12.7. The topological polar surface area (TPSA) is 64.4 Å². The lowest BCUT2D eigenvalue weighted by molar-refractivity contribution is -0.124. The second-order valence-corrected chi connectivity index (χ2v) is 6.08. The summed E-state index contributed by atoms with van der Waals surface area (Å²) >= 11 is 0. The highest BCUT2D eigenvalue weighted by atomic mass is 16.5. The Bertz CT molecular complexity index is 275. The third-order valence-electron chi connectivity index (χ3n) is 4.70. The van der Waals surface area contributed by atoms with Crippen LogP contribution in [0.15, 0.2) is 0 Å². The van der Waals surface area contributed by atoms with Gasteiger partial charge in [0.2, 0.25) is 5.91 Å². The Kier molecular flexibility index (Phi) is 6.80. The van der Waals surface area contributed by atoms with Gasteiger partial charge in [0.05, 0.1) is 6.04 Å². The second-order valence-electron chi connectivity index (χ2n) is 6.08. The first-order valence-corrected chi connectivity index (χ1v) is 7.57. The van der Waals surface area contributed by atoms with E-state index < -0.39 is 0 Å². The average molecular weight is 270 g/mol. The highest BCUT2D eigenvalue weighted by molar-refractivity contribution is 5.81. The third kappa shape index (κ3) is 4.77. The van der Waals surface area contributed by atoms with Crippen LogP contribution < -0.4 is 11.1 Å². The molecule has 4 heteroatoms. The molecular formula is C15H30N2O2. The molecule has 2 atom stereocenters. The van der Waals surface area contributed by atoms with E-state index in [4.69, 9.17) is 10.5 Å². The highest BCUT2D eigenvalue weighted by Crippen LogP contribution is 2.40. The van der Waals surface area contributed by atoms with Gasteiger partial charge in [0.1, 0.15) is 0 Å². The van der Waals surface area contributed by atoms with Gasteiger partial charge in [-0.1, -0.05) is 33.1 Å². The van der Waals surface area contributed by atoms with Crippen LogP contribution >= 0.6 is 0 Å². The average Bonchev–Trinajstić information content (AvgIpc) is 2.90. The molecule has 0 aliphatic heterocycles.